The molecule has 1 aromatic carbocycles. The molecule has 0 aliphatic rings. The summed E-state index contributed by atoms with van der Waals surface area (Å²) in [6, 6.07) is 7.98. The standard InChI is InChI=1S/C14H19NO3/c1-4-17-14(18-5-2)15-9-8-11-10-12(16-3)6-7-13(11)15/h6-10,14H,4-5H2,1-3H3. The van der Waals surface area contributed by atoms with Gasteiger partial charge in [0, 0.05) is 24.8 Å². The summed E-state index contributed by atoms with van der Waals surface area (Å²) in [5.74, 6) is 0.851. The summed E-state index contributed by atoms with van der Waals surface area (Å²) in [4.78, 5) is 0. The molecule has 4 heteroatoms. The molecule has 0 saturated heterocycles. The van der Waals surface area contributed by atoms with E-state index in [1.807, 2.05) is 48.9 Å². The van der Waals surface area contributed by atoms with Crippen LogP contribution in [0.15, 0.2) is 30.5 Å². The predicted molar refractivity (Wildman–Crippen MR) is 70.8 cm³/mol. The van der Waals surface area contributed by atoms with Crippen LogP contribution in [0.2, 0.25) is 0 Å². The molecule has 4 nitrogen and oxygen atoms in total. The van der Waals surface area contributed by atoms with Crippen LogP contribution in [0.1, 0.15) is 20.3 Å². The summed E-state index contributed by atoms with van der Waals surface area (Å²) >= 11 is 0. The first kappa shape index (κ1) is 12.9. The fourth-order valence-corrected chi connectivity index (χ4v) is 1.95. The molecule has 0 radical (unpaired) electrons. The molecule has 18 heavy (non-hydrogen) atoms. The van der Waals surface area contributed by atoms with Crippen LogP contribution in [0.25, 0.3) is 10.9 Å². The van der Waals surface area contributed by atoms with E-state index in [4.69, 9.17) is 14.2 Å². The Balaban J connectivity index is 2.37. The summed E-state index contributed by atoms with van der Waals surface area (Å²) < 4.78 is 18.4. The van der Waals surface area contributed by atoms with E-state index < -0.39 is 0 Å². The number of methoxy groups -OCH3 is 1. The minimum absolute atomic E-state index is 0.370. The van der Waals surface area contributed by atoms with E-state index in [9.17, 15) is 0 Å². The van der Waals surface area contributed by atoms with E-state index in [1.165, 1.54) is 0 Å². The third kappa shape index (κ3) is 2.49. The Hall–Kier alpha value is -1.52. The van der Waals surface area contributed by atoms with Gasteiger partial charge in [0.15, 0.2) is 0 Å². The first-order valence-electron chi connectivity index (χ1n) is 6.18. The molecular weight excluding hydrogens is 230 g/mol. The van der Waals surface area contributed by atoms with Gasteiger partial charge in [-0.25, -0.2) is 0 Å². The summed E-state index contributed by atoms with van der Waals surface area (Å²) in [6.07, 6.45) is 1.60. The van der Waals surface area contributed by atoms with Crippen molar-refractivity contribution in [3.8, 4) is 5.75 Å². The fourth-order valence-electron chi connectivity index (χ4n) is 1.95. The molecule has 0 N–H and O–H groups in total. The van der Waals surface area contributed by atoms with Crippen molar-refractivity contribution in [1.29, 1.82) is 0 Å². The molecular formula is C14H19NO3. The van der Waals surface area contributed by atoms with Crippen molar-refractivity contribution < 1.29 is 14.2 Å². The van der Waals surface area contributed by atoms with Gasteiger partial charge in [0.2, 0.25) is 6.41 Å². The number of rotatable bonds is 6. The van der Waals surface area contributed by atoms with Crippen LogP contribution in [0, 0.1) is 0 Å². The molecule has 2 rings (SSSR count). The number of nitrogens with zero attached hydrogens (tertiary/aromatic N) is 1. The van der Waals surface area contributed by atoms with Gasteiger partial charge in [-0.2, -0.15) is 0 Å². The molecule has 0 aliphatic carbocycles. The molecule has 1 heterocycles. The van der Waals surface area contributed by atoms with Crippen LogP contribution in [0.5, 0.6) is 5.75 Å². The number of benzene rings is 1. The summed E-state index contributed by atoms with van der Waals surface area (Å²) in [7, 11) is 1.67. The van der Waals surface area contributed by atoms with Crippen LogP contribution < -0.4 is 4.74 Å². The maximum Gasteiger partial charge on any atom is 0.244 e. The molecule has 0 spiro atoms. The first-order chi connectivity index (χ1) is 8.80. The Kier molecular flexibility index (Phi) is 4.23. The average molecular weight is 249 g/mol. The predicted octanol–water partition coefficient (Wildman–Crippen LogP) is 3.18. The van der Waals surface area contributed by atoms with Gasteiger partial charge in [-0.3, -0.25) is 4.57 Å². The number of hydrogen-bond donors (Lipinski definition) is 0. The average Bonchev–Trinajstić information content (AvgIpc) is 2.81. The molecule has 0 fully saturated rings. The highest BCUT2D eigenvalue weighted by atomic mass is 16.7. The molecule has 0 bridgehead atoms. The van der Waals surface area contributed by atoms with Crippen molar-refractivity contribution in [1.82, 2.24) is 4.57 Å². The lowest BCUT2D eigenvalue weighted by Crippen LogP contribution is -2.15. The van der Waals surface area contributed by atoms with Gasteiger partial charge in [-0.1, -0.05) is 0 Å². The third-order valence-electron chi connectivity index (χ3n) is 2.77. The molecule has 1 aromatic heterocycles. The Labute approximate surface area is 107 Å². The molecule has 2 aromatic rings. The van der Waals surface area contributed by atoms with Crippen LogP contribution in [-0.4, -0.2) is 24.9 Å². The van der Waals surface area contributed by atoms with E-state index in [0.29, 0.717) is 13.2 Å². The van der Waals surface area contributed by atoms with Crippen molar-refractivity contribution in [3.63, 3.8) is 0 Å². The quantitative estimate of drug-likeness (QED) is 0.737. The Morgan fingerprint density at radius 2 is 1.83 bits per heavy atom. The van der Waals surface area contributed by atoms with Gasteiger partial charge in [0.05, 0.1) is 12.6 Å². The van der Waals surface area contributed by atoms with E-state index in [2.05, 4.69) is 0 Å². The highest BCUT2D eigenvalue weighted by Crippen LogP contribution is 2.25. The monoisotopic (exact) mass is 249 g/mol. The maximum atomic E-state index is 5.60. The third-order valence-corrected chi connectivity index (χ3v) is 2.77. The lowest BCUT2D eigenvalue weighted by Gasteiger charge is -2.19. The SMILES string of the molecule is CCOC(OCC)n1ccc2cc(OC)ccc21. The zero-order valence-corrected chi connectivity index (χ0v) is 11.1. The van der Waals surface area contributed by atoms with E-state index in [0.717, 1.165) is 16.7 Å². The largest absolute Gasteiger partial charge is 0.497 e. The van der Waals surface area contributed by atoms with Gasteiger partial charge in [-0.15, -0.1) is 0 Å². The minimum atomic E-state index is -0.370. The number of fused-ring (bicyclic) bond motifs is 1. The highest BCUT2D eigenvalue weighted by Gasteiger charge is 2.13. The van der Waals surface area contributed by atoms with Crippen LogP contribution in [0.3, 0.4) is 0 Å². The Bertz CT molecular complexity index is 501. The zero-order chi connectivity index (χ0) is 13.0. The van der Waals surface area contributed by atoms with Crippen molar-refractivity contribution in [2.45, 2.75) is 20.3 Å². The smallest absolute Gasteiger partial charge is 0.244 e. The second-order valence-electron chi connectivity index (χ2n) is 3.87. The molecule has 0 amide bonds. The van der Waals surface area contributed by atoms with E-state index in [-0.39, 0.29) is 6.41 Å². The lowest BCUT2D eigenvalue weighted by molar-refractivity contribution is -0.183. The van der Waals surface area contributed by atoms with Crippen LogP contribution in [-0.2, 0) is 9.47 Å². The van der Waals surface area contributed by atoms with Gasteiger partial charge >= 0.3 is 0 Å². The van der Waals surface area contributed by atoms with Crippen LogP contribution >= 0.6 is 0 Å². The van der Waals surface area contributed by atoms with Crippen molar-refractivity contribution in [2.75, 3.05) is 20.3 Å². The minimum Gasteiger partial charge on any atom is -0.497 e. The summed E-state index contributed by atoms with van der Waals surface area (Å²) in [6.45, 7) is 5.14. The van der Waals surface area contributed by atoms with Gasteiger partial charge in [0.1, 0.15) is 5.75 Å². The Morgan fingerprint density at radius 3 is 2.44 bits per heavy atom. The summed E-state index contributed by atoms with van der Waals surface area (Å²) in [5.41, 5.74) is 1.07. The number of hydrogen-bond acceptors (Lipinski definition) is 3. The molecule has 0 aliphatic heterocycles. The zero-order valence-electron chi connectivity index (χ0n) is 11.1. The maximum absolute atomic E-state index is 5.60. The second-order valence-corrected chi connectivity index (χ2v) is 3.87. The number of ether oxygens (including phenoxy) is 3. The van der Waals surface area contributed by atoms with Crippen molar-refractivity contribution >= 4 is 10.9 Å². The van der Waals surface area contributed by atoms with Crippen molar-refractivity contribution in [3.05, 3.63) is 30.5 Å². The van der Waals surface area contributed by atoms with Gasteiger partial charge in [-0.05, 0) is 38.1 Å². The topological polar surface area (TPSA) is 32.6 Å². The summed E-state index contributed by atoms with van der Waals surface area (Å²) in [5, 5.41) is 1.11. The van der Waals surface area contributed by atoms with Crippen molar-refractivity contribution in [2.24, 2.45) is 0 Å². The molecule has 0 atom stereocenters. The fraction of sp³-hybridized carbons (Fsp3) is 0.429. The van der Waals surface area contributed by atoms with Gasteiger partial charge in [0.25, 0.3) is 0 Å². The lowest BCUT2D eigenvalue weighted by atomic mass is 10.2. The normalized spacial score (nSPS) is 11.3. The number of aromatic nitrogens is 1. The first-order valence-corrected chi connectivity index (χ1v) is 6.18. The highest BCUT2D eigenvalue weighted by molar-refractivity contribution is 5.81. The molecule has 0 unspecified atom stereocenters. The van der Waals surface area contributed by atoms with Gasteiger partial charge < -0.3 is 14.2 Å². The molecule has 98 valence electrons. The van der Waals surface area contributed by atoms with Crippen LogP contribution in [0.4, 0.5) is 0 Å². The van der Waals surface area contributed by atoms with E-state index in [1.54, 1.807) is 7.11 Å². The Morgan fingerprint density at radius 1 is 1.11 bits per heavy atom. The molecule has 0 saturated carbocycles. The van der Waals surface area contributed by atoms with E-state index >= 15 is 0 Å². The second kappa shape index (κ2) is 5.89.